The maximum atomic E-state index is 12.0. The largest absolute Gasteiger partial charge is 0.466 e. The fraction of sp³-hybridized carbons (Fsp3) is 0.692. The van der Waals surface area contributed by atoms with Crippen LogP contribution in [0.15, 0.2) is 11.8 Å². The van der Waals surface area contributed by atoms with E-state index < -0.39 is 17.2 Å². The number of methoxy groups -OCH3 is 2. The maximum Gasteiger partial charge on any atom is 0.333 e. The van der Waals surface area contributed by atoms with Gasteiger partial charge in [0.25, 0.3) is 0 Å². The van der Waals surface area contributed by atoms with Crippen LogP contribution in [0, 0.1) is 5.41 Å². The van der Waals surface area contributed by atoms with Gasteiger partial charge in [-0.15, -0.1) is 0 Å². The Morgan fingerprint density at radius 1 is 1.44 bits per heavy atom. The molecule has 1 fully saturated rings. The monoisotopic (exact) mass is 256 g/mol. The van der Waals surface area contributed by atoms with Crippen LogP contribution in [-0.4, -0.2) is 31.8 Å². The van der Waals surface area contributed by atoms with Crippen molar-refractivity contribution in [2.75, 3.05) is 14.2 Å². The summed E-state index contributed by atoms with van der Waals surface area (Å²) in [6.07, 6.45) is 2.18. The van der Waals surface area contributed by atoms with Crippen LogP contribution in [0.5, 0.6) is 0 Å². The first-order valence-corrected chi connectivity index (χ1v) is 5.89. The van der Waals surface area contributed by atoms with Crippen LogP contribution >= 0.6 is 0 Å². The summed E-state index contributed by atoms with van der Waals surface area (Å²) >= 11 is 0. The predicted molar refractivity (Wildman–Crippen MR) is 64.6 cm³/mol. The molecule has 0 aromatic heterocycles. The Bertz CT molecular complexity index is 387. The van der Waals surface area contributed by atoms with Crippen molar-refractivity contribution >= 4 is 11.8 Å². The Labute approximate surface area is 107 Å². The highest BCUT2D eigenvalue weighted by Gasteiger charge is 2.59. The number of allylic oxidation sites excluding steroid dienone is 1. The first-order valence-electron chi connectivity index (χ1n) is 5.89. The highest BCUT2D eigenvalue weighted by atomic mass is 16.7. The smallest absolute Gasteiger partial charge is 0.333 e. The molecule has 0 N–H and O–H groups in total. The molecule has 5 nitrogen and oxygen atoms in total. The van der Waals surface area contributed by atoms with Gasteiger partial charge in [0, 0.05) is 20.5 Å². The number of Topliss-reactive ketones (excluding diaryl/α,β-unsaturated/α-hetero) is 1. The van der Waals surface area contributed by atoms with Gasteiger partial charge in [0.05, 0.1) is 13.2 Å². The van der Waals surface area contributed by atoms with Gasteiger partial charge in [-0.3, -0.25) is 4.79 Å². The molecule has 0 amide bonds. The zero-order valence-electron chi connectivity index (χ0n) is 11.5. The van der Waals surface area contributed by atoms with Crippen LogP contribution in [-0.2, 0) is 23.8 Å². The zero-order valence-corrected chi connectivity index (χ0v) is 11.5. The minimum absolute atomic E-state index is 0.0115. The molecule has 0 bridgehead atoms. The normalized spacial score (nSPS) is 33.3. The molecule has 1 saturated heterocycles. The molecule has 1 aliphatic heterocycles. The van der Waals surface area contributed by atoms with E-state index in [4.69, 9.17) is 9.47 Å². The molecule has 18 heavy (non-hydrogen) atoms. The summed E-state index contributed by atoms with van der Waals surface area (Å²) in [6.45, 7) is 5.14. The van der Waals surface area contributed by atoms with Crippen molar-refractivity contribution in [2.24, 2.45) is 5.41 Å². The number of esters is 1. The molecule has 0 aromatic carbocycles. The van der Waals surface area contributed by atoms with E-state index in [1.165, 1.54) is 27.2 Å². The molecule has 5 heteroatoms. The third-order valence-corrected chi connectivity index (χ3v) is 3.82. The number of carbonyl (C=O) groups is 2. The standard InChI is InChI=1S/C13H20O5/c1-6-13(9(2)14)8-10(7-11(15)16-4)18-12(13,3)17-5/h7H,6,8H2,1-5H3/b10-7+/t12-,13+/m1/s1. The summed E-state index contributed by atoms with van der Waals surface area (Å²) in [5.41, 5.74) is -0.762. The summed E-state index contributed by atoms with van der Waals surface area (Å²) in [4.78, 5) is 23.2. The molecule has 0 radical (unpaired) electrons. The molecule has 1 rings (SSSR count). The molecular weight excluding hydrogens is 236 g/mol. The number of hydrogen-bond acceptors (Lipinski definition) is 5. The fourth-order valence-electron chi connectivity index (χ4n) is 2.49. The van der Waals surface area contributed by atoms with Crippen LogP contribution < -0.4 is 0 Å². The number of carbonyl (C=O) groups excluding carboxylic acids is 2. The molecule has 102 valence electrons. The average Bonchev–Trinajstić information content (AvgIpc) is 2.63. The van der Waals surface area contributed by atoms with E-state index in [0.717, 1.165) is 0 Å². The van der Waals surface area contributed by atoms with Gasteiger partial charge >= 0.3 is 5.97 Å². The van der Waals surface area contributed by atoms with Gasteiger partial charge in [0.2, 0.25) is 5.79 Å². The molecule has 1 heterocycles. The summed E-state index contributed by atoms with van der Waals surface area (Å²) in [5.74, 6) is -1.14. The number of ketones is 1. The lowest BCUT2D eigenvalue weighted by molar-refractivity contribution is -0.220. The highest BCUT2D eigenvalue weighted by molar-refractivity contribution is 5.86. The van der Waals surface area contributed by atoms with Crippen molar-refractivity contribution in [3.63, 3.8) is 0 Å². The highest BCUT2D eigenvalue weighted by Crippen LogP contribution is 2.51. The van der Waals surface area contributed by atoms with Crippen molar-refractivity contribution in [3.8, 4) is 0 Å². The Hall–Kier alpha value is -1.36. The number of ether oxygens (including phenoxy) is 3. The topological polar surface area (TPSA) is 61.8 Å². The van der Waals surface area contributed by atoms with E-state index in [0.29, 0.717) is 18.6 Å². The maximum absolute atomic E-state index is 12.0. The van der Waals surface area contributed by atoms with Gasteiger partial charge in [-0.05, 0) is 13.3 Å². The third kappa shape index (κ3) is 2.14. The second kappa shape index (κ2) is 5.10. The lowest BCUT2D eigenvalue weighted by Crippen LogP contribution is -2.48. The van der Waals surface area contributed by atoms with Gasteiger partial charge < -0.3 is 14.2 Å². The molecule has 0 aliphatic carbocycles. The van der Waals surface area contributed by atoms with E-state index in [-0.39, 0.29) is 5.78 Å². The molecule has 0 unspecified atom stereocenters. The first-order chi connectivity index (χ1) is 8.35. The van der Waals surface area contributed by atoms with Crippen molar-refractivity contribution in [3.05, 3.63) is 11.8 Å². The minimum atomic E-state index is -1.05. The predicted octanol–water partition coefficient (Wildman–Crippen LogP) is 1.81. The van der Waals surface area contributed by atoms with Crippen LogP contribution in [0.4, 0.5) is 0 Å². The lowest BCUT2D eigenvalue weighted by atomic mass is 9.73. The Morgan fingerprint density at radius 3 is 2.39 bits per heavy atom. The van der Waals surface area contributed by atoms with E-state index in [1.807, 2.05) is 6.92 Å². The molecule has 0 spiro atoms. The Morgan fingerprint density at radius 2 is 2.06 bits per heavy atom. The van der Waals surface area contributed by atoms with Gasteiger partial charge in [-0.2, -0.15) is 0 Å². The summed E-state index contributed by atoms with van der Waals surface area (Å²) in [5, 5.41) is 0. The van der Waals surface area contributed by atoms with Gasteiger partial charge in [0.1, 0.15) is 17.0 Å². The summed E-state index contributed by atoms with van der Waals surface area (Å²) in [6, 6.07) is 0. The SMILES string of the molecule is CC[C@@]1(C(C)=O)C/C(=C\C(=O)OC)O[C@@]1(C)OC. The summed E-state index contributed by atoms with van der Waals surface area (Å²) in [7, 11) is 2.79. The Balaban J connectivity index is 3.16. The quantitative estimate of drug-likeness (QED) is 0.567. The number of hydrogen-bond donors (Lipinski definition) is 0. The van der Waals surface area contributed by atoms with Crippen molar-refractivity contribution in [1.82, 2.24) is 0 Å². The zero-order chi connectivity index (χ0) is 14.0. The van der Waals surface area contributed by atoms with Crippen molar-refractivity contribution < 1.29 is 23.8 Å². The molecular formula is C13H20O5. The third-order valence-electron chi connectivity index (χ3n) is 3.82. The van der Waals surface area contributed by atoms with Gasteiger partial charge in [-0.25, -0.2) is 4.79 Å². The molecule has 2 atom stereocenters. The van der Waals surface area contributed by atoms with E-state index in [1.54, 1.807) is 6.92 Å². The Kier molecular flexibility index (Phi) is 4.16. The molecule has 1 aliphatic rings. The summed E-state index contributed by atoms with van der Waals surface area (Å²) < 4.78 is 15.6. The second-order valence-electron chi connectivity index (χ2n) is 4.55. The van der Waals surface area contributed by atoms with Gasteiger partial charge in [0.15, 0.2) is 0 Å². The van der Waals surface area contributed by atoms with E-state index >= 15 is 0 Å². The molecule has 0 aromatic rings. The van der Waals surface area contributed by atoms with E-state index in [2.05, 4.69) is 4.74 Å². The average molecular weight is 256 g/mol. The van der Waals surface area contributed by atoms with Crippen LogP contribution in [0.25, 0.3) is 0 Å². The second-order valence-corrected chi connectivity index (χ2v) is 4.55. The minimum Gasteiger partial charge on any atom is -0.466 e. The van der Waals surface area contributed by atoms with Gasteiger partial charge in [-0.1, -0.05) is 6.92 Å². The number of rotatable bonds is 4. The van der Waals surface area contributed by atoms with E-state index in [9.17, 15) is 9.59 Å². The first kappa shape index (κ1) is 14.7. The van der Waals surface area contributed by atoms with Crippen LogP contribution in [0.2, 0.25) is 0 Å². The van der Waals surface area contributed by atoms with Crippen molar-refractivity contribution in [1.29, 1.82) is 0 Å². The lowest BCUT2D eigenvalue weighted by Gasteiger charge is -2.37. The van der Waals surface area contributed by atoms with Crippen LogP contribution in [0.1, 0.15) is 33.6 Å². The fourth-order valence-corrected chi connectivity index (χ4v) is 2.49. The van der Waals surface area contributed by atoms with Crippen molar-refractivity contribution in [2.45, 2.75) is 39.4 Å². The molecule has 0 saturated carbocycles. The van der Waals surface area contributed by atoms with Crippen LogP contribution in [0.3, 0.4) is 0 Å².